The summed E-state index contributed by atoms with van der Waals surface area (Å²) in [6, 6.07) is -0.548. The van der Waals surface area contributed by atoms with Gasteiger partial charge in [-0.1, -0.05) is 275 Å². The van der Waals surface area contributed by atoms with Crippen LogP contribution in [0.3, 0.4) is 0 Å². The van der Waals surface area contributed by atoms with E-state index in [1.54, 1.807) is 0 Å². The van der Waals surface area contributed by atoms with Gasteiger partial charge in [0.15, 0.2) is 0 Å². The predicted octanol–water partition coefficient (Wildman–Crippen LogP) is 19.6. The Morgan fingerprint density at radius 1 is 0.400 bits per heavy atom. The van der Waals surface area contributed by atoms with Gasteiger partial charge in [-0.15, -0.1) is 0 Å². The van der Waals surface area contributed by atoms with Gasteiger partial charge < -0.3 is 20.3 Å². The highest BCUT2D eigenvalue weighted by Gasteiger charge is 2.20. The molecule has 0 aromatic rings. The zero-order valence-corrected chi connectivity index (χ0v) is 47.0. The molecule has 0 spiro atoms. The molecule has 3 N–H and O–H groups in total. The third kappa shape index (κ3) is 55.4. The highest BCUT2D eigenvalue weighted by molar-refractivity contribution is 5.76. The zero-order chi connectivity index (χ0) is 50.7. The Kier molecular flexibility index (Phi) is 58.0. The Hall–Kier alpha value is -1.92. The fraction of sp³-hybridized carbons (Fsp3) is 0.875. The molecule has 0 aliphatic heterocycles. The van der Waals surface area contributed by atoms with Gasteiger partial charge in [0, 0.05) is 12.8 Å². The van der Waals surface area contributed by atoms with Gasteiger partial charge in [-0.05, 0) is 83.5 Å². The van der Waals surface area contributed by atoms with Crippen molar-refractivity contribution in [3.63, 3.8) is 0 Å². The average Bonchev–Trinajstić information content (AvgIpc) is 3.36. The number of allylic oxidation sites excluding steroid dienone is 6. The summed E-state index contributed by atoms with van der Waals surface area (Å²) in [6.45, 7) is 4.94. The van der Waals surface area contributed by atoms with E-state index in [4.69, 9.17) is 4.74 Å². The summed E-state index contributed by atoms with van der Waals surface area (Å²) in [6.07, 6.45) is 74.3. The third-order valence-corrected chi connectivity index (χ3v) is 14.4. The van der Waals surface area contributed by atoms with Gasteiger partial charge in [-0.2, -0.15) is 0 Å². The maximum atomic E-state index is 12.5. The molecule has 0 fully saturated rings. The average molecular weight is 985 g/mol. The predicted molar refractivity (Wildman–Crippen MR) is 306 cm³/mol. The molecule has 70 heavy (non-hydrogen) atoms. The van der Waals surface area contributed by atoms with E-state index in [1.165, 1.54) is 250 Å². The summed E-state index contributed by atoms with van der Waals surface area (Å²) < 4.78 is 5.49. The molecule has 6 heteroatoms. The molecule has 0 aliphatic carbocycles. The van der Waals surface area contributed by atoms with E-state index in [0.717, 1.165) is 51.4 Å². The standard InChI is InChI=1S/C64H121NO5/c1-3-5-7-9-11-13-15-17-19-20-26-30-34-38-42-46-50-54-58-64(69)70-59-55-51-47-43-39-35-31-27-24-22-21-23-25-29-33-37-41-45-49-53-57-63(68)65-61(60-66)62(67)56-52-48-44-40-36-32-28-18-16-14-12-10-8-6-4-2/h13,15,19-21,23,61-62,66-67H,3-12,14,16-18,22,24-60H2,1-2H3,(H,65,68)/b15-13-,20-19-,23-21-. The fourth-order valence-corrected chi connectivity index (χ4v) is 9.61. The minimum atomic E-state index is -0.670. The van der Waals surface area contributed by atoms with Crippen molar-refractivity contribution in [1.82, 2.24) is 5.32 Å². The number of esters is 1. The molecule has 0 aromatic heterocycles. The highest BCUT2D eigenvalue weighted by Crippen LogP contribution is 2.17. The molecular weight excluding hydrogens is 863 g/mol. The van der Waals surface area contributed by atoms with Gasteiger partial charge in [0.1, 0.15) is 0 Å². The third-order valence-electron chi connectivity index (χ3n) is 14.4. The Morgan fingerprint density at radius 2 is 0.714 bits per heavy atom. The van der Waals surface area contributed by atoms with Crippen LogP contribution in [0.15, 0.2) is 36.5 Å². The second-order valence-electron chi connectivity index (χ2n) is 21.4. The summed E-state index contributed by atoms with van der Waals surface area (Å²) in [5.74, 6) is -0.0434. The molecule has 0 saturated heterocycles. The molecule has 0 radical (unpaired) electrons. The Morgan fingerprint density at radius 3 is 1.11 bits per heavy atom. The van der Waals surface area contributed by atoms with E-state index in [9.17, 15) is 19.8 Å². The highest BCUT2D eigenvalue weighted by atomic mass is 16.5. The first-order valence-corrected chi connectivity index (χ1v) is 31.2. The zero-order valence-electron chi connectivity index (χ0n) is 47.0. The van der Waals surface area contributed by atoms with Crippen LogP contribution in [-0.2, 0) is 14.3 Å². The monoisotopic (exact) mass is 984 g/mol. The van der Waals surface area contributed by atoms with Crippen LogP contribution in [0.4, 0.5) is 0 Å². The fourth-order valence-electron chi connectivity index (χ4n) is 9.61. The van der Waals surface area contributed by atoms with E-state index < -0.39 is 12.1 Å². The number of aliphatic hydroxyl groups excluding tert-OH is 2. The summed E-state index contributed by atoms with van der Waals surface area (Å²) in [4.78, 5) is 24.6. The first kappa shape index (κ1) is 68.1. The van der Waals surface area contributed by atoms with Crippen LogP contribution >= 0.6 is 0 Å². The van der Waals surface area contributed by atoms with Crippen molar-refractivity contribution in [2.24, 2.45) is 0 Å². The minimum absolute atomic E-state index is 0.000921. The van der Waals surface area contributed by atoms with Crippen molar-refractivity contribution in [3.05, 3.63) is 36.5 Å². The maximum absolute atomic E-state index is 12.5. The van der Waals surface area contributed by atoms with Crippen LogP contribution < -0.4 is 5.32 Å². The number of ether oxygens (including phenoxy) is 1. The smallest absolute Gasteiger partial charge is 0.305 e. The van der Waals surface area contributed by atoms with Crippen molar-refractivity contribution >= 4 is 11.9 Å². The van der Waals surface area contributed by atoms with E-state index in [2.05, 4.69) is 55.6 Å². The first-order valence-electron chi connectivity index (χ1n) is 31.2. The lowest BCUT2D eigenvalue weighted by Crippen LogP contribution is -2.45. The quantitative estimate of drug-likeness (QED) is 0.0321. The molecule has 2 unspecified atom stereocenters. The van der Waals surface area contributed by atoms with Crippen LogP contribution in [0.5, 0.6) is 0 Å². The van der Waals surface area contributed by atoms with Gasteiger partial charge >= 0.3 is 5.97 Å². The number of carbonyl (C=O) groups is 2. The summed E-state index contributed by atoms with van der Waals surface area (Å²) in [7, 11) is 0. The lowest BCUT2D eigenvalue weighted by atomic mass is 10.0. The Bertz CT molecular complexity index is 1130. The molecule has 0 rings (SSSR count). The van der Waals surface area contributed by atoms with Gasteiger partial charge in [-0.25, -0.2) is 0 Å². The summed E-state index contributed by atoms with van der Waals surface area (Å²) in [5, 5.41) is 23.3. The lowest BCUT2D eigenvalue weighted by molar-refractivity contribution is -0.143. The molecule has 0 heterocycles. The van der Waals surface area contributed by atoms with Crippen LogP contribution in [0.1, 0.15) is 335 Å². The van der Waals surface area contributed by atoms with Crippen molar-refractivity contribution in [2.75, 3.05) is 13.2 Å². The second-order valence-corrected chi connectivity index (χ2v) is 21.4. The van der Waals surface area contributed by atoms with Gasteiger partial charge in [-0.3, -0.25) is 9.59 Å². The lowest BCUT2D eigenvalue weighted by Gasteiger charge is -2.22. The topological polar surface area (TPSA) is 95.9 Å². The van der Waals surface area contributed by atoms with Crippen molar-refractivity contribution in [2.45, 2.75) is 347 Å². The van der Waals surface area contributed by atoms with Gasteiger partial charge in [0.25, 0.3) is 0 Å². The molecule has 0 saturated carbocycles. The molecule has 0 aliphatic rings. The van der Waals surface area contributed by atoms with Gasteiger partial charge in [0.05, 0.1) is 25.4 Å². The Labute approximate surface area is 436 Å². The molecule has 2 atom stereocenters. The van der Waals surface area contributed by atoms with Crippen LogP contribution in [-0.4, -0.2) is 47.4 Å². The number of unbranched alkanes of at least 4 members (excludes halogenated alkanes) is 41. The Balaban J connectivity index is 3.42. The minimum Gasteiger partial charge on any atom is -0.466 e. The van der Waals surface area contributed by atoms with Crippen LogP contribution in [0.25, 0.3) is 0 Å². The van der Waals surface area contributed by atoms with Crippen molar-refractivity contribution in [3.8, 4) is 0 Å². The van der Waals surface area contributed by atoms with Gasteiger partial charge in [0.2, 0.25) is 5.91 Å². The van der Waals surface area contributed by atoms with E-state index in [1.807, 2.05) is 0 Å². The van der Waals surface area contributed by atoms with E-state index >= 15 is 0 Å². The summed E-state index contributed by atoms with van der Waals surface area (Å²) >= 11 is 0. The molecule has 412 valence electrons. The molecule has 0 aromatic carbocycles. The van der Waals surface area contributed by atoms with Crippen molar-refractivity contribution in [1.29, 1.82) is 0 Å². The SMILES string of the molecule is CCCCCC/C=C\C/C=C\CCCCCCCCCC(=O)OCCCCCCCCCCC/C=C\CCCCCCCCCC(=O)NC(CO)C(O)CCCCCCCCCCCCCCCCC. The number of rotatable bonds is 58. The van der Waals surface area contributed by atoms with E-state index in [-0.39, 0.29) is 18.5 Å². The molecule has 1 amide bonds. The number of hydrogen-bond acceptors (Lipinski definition) is 5. The number of aliphatic hydroxyl groups is 2. The summed E-state index contributed by atoms with van der Waals surface area (Å²) in [5.41, 5.74) is 0. The number of carbonyl (C=O) groups excluding carboxylic acids is 2. The number of hydrogen-bond donors (Lipinski definition) is 3. The largest absolute Gasteiger partial charge is 0.466 e. The number of nitrogens with one attached hydrogen (secondary N) is 1. The van der Waals surface area contributed by atoms with Crippen LogP contribution in [0, 0.1) is 0 Å². The second kappa shape index (κ2) is 59.6. The van der Waals surface area contributed by atoms with Crippen LogP contribution in [0.2, 0.25) is 0 Å². The molecule has 6 nitrogen and oxygen atoms in total. The number of amides is 1. The normalized spacial score (nSPS) is 12.8. The van der Waals surface area contributed by atoms with E-state index in [0.29, 0.717) is 25.9 Å². The maximum Gasteiger partial charge on any atom is 0.305 e. The molecule has 0 bridgehead atoms. The molecular formula is C64H121NO5. The van der Waals surface area contributed by atoms with Crippen molar-refractivity contribution < 1.29 is 24.5 Å². The first-order chi connectivity index (χ1) is 34.5.